The molecule has 21 heavy (non-hydrogen) atoms. The van der Waals surface area contributed by atoms with Gasteiger partial charge in [-0.2, -0.15) is 0 Å². The van der Waals surface area contributed by atoms with E-state index in [-0.39, 0.29) is 0 Å². The third-order valence-corrected chi connectivity index (χ3v) is 3.36. The molecule has 0 saturated carbocycles. The van der Waals surface area contributed by atoms with Crippen molar-refractivity contribution in [1.29, 1.82) is 0 Å². The van der Waals surface area contributed by atoms with Crippen molar-refractivity contribution in [1.82, 2.24) is 10.2 Å². The number of allylic oxidation sites excluding steroid dienone is 1. The van der Waals surface area contributed by atoms with Crippen molar-refractivity contribution in [3.63, 3.8) is 0 Å². The minimum absolute atomic E-state index is 0.305. The van der Waals surface area contributed by atoms with Crippen LogP contribution in [0.25, 0.3) is 0 Å². The molecule has 1 aromatic carbocycles. The fourth-order valence-electron chi connectivity index (χ4n) is 2.20. The van der Waals surface area contributed by atoms with Crippen LogP contribution in [-0.2, 0) is 6.54 Å². The monoisotopic (exact) mass is 289 g/mol. The molecule has 5 heteroatoms. The average Bonchev–Trinajstić information content (AvgIpc) is 2.95. The molecule has 0 aromatic heterocycles. The van der Waals surface area contributed by atoms with Gasteiger partial charge in [0.1, 0.15) is 0 Å². The molecule has 0 radical (unpaired) electrons. The van der Waals surface area contributed by atoms with Gasteiger partial charge in [-0.1, -0.05) is 12.1 Å². The van der Waals surface area contributed by atoms with Crippen LogP contribution in [0.5, 0.6) is 11.5 Å². The molecule has 1 aromatic rings. The van der Waals surface area contributed by atoms with Crippen LogP contribution < -0.4 is 14.8 Å². The van der Waals surface area contributed by atoms with E-state index in [0.29, 0.717) is 13.3 Å². The number of unbranched alkanes of at least 4 members (excludes halogenated alkanes) is 1. The number of nitrogens with one attached hydrogen (secondary N) is 1. The molecule has 5 nitrogen and oxygen atoms in total. The van der Waals surface area contributed by atoms with Crippen molar-refractivity contribution in [3.8, 4) is 11.5 Å². The van der Waals surface area contributed by atoms with Gasteiger partial charge in [-0.3, -0.25) is 4.99 Å². The summed E-state index contributed by atoms with van der Waals surface area (Å²) in [6.45, 7) is 5.70. The highest BCUT2D eigenvalue weighted by Gasteiger charge is 2.13. The summed E-state index contributed by atoms with van der Waals surface area (Å²) >= 11 is 0. The van der Waals surface area contributed by atoms with Gasteiger partial charge < -0.3 is 19.7 Å². The van der Waals surface area contributed by atoms with E-state index in [0.717, 1.165) is 42.4 Å². The Bertz CT molecular complexity index is 514. The maximum atomic E-state index is 5.39. The predicted molar refractivity (Wildman–Crippen MR) is 84.8 cm³/mol. The van der Waals surface area contributed by atoms with E-state index >= 15 is 0 Å². The van der Waals surface area contributed by atoms with Crippen molar-refractivity contribution in [2.24, 2.45) is 4.99 Å². The van der Waals surface area contributed by atoms with Crippen LogP contribution in [0.2, 0.25) is 0 Å². The summed E-state index contributed by atoms with van der Waals surface area (Å²) in [5.41, 5.74) is 1.14. The Hall–Kier alpha value is -2.17. The molecule has 0 spiro atoms. The van der Waals surface area contributed by atoms with Crippen LogP contribution in [0.1, 0.15) is 18.4 Å². The molecule has 1 aliphatic heterocycles. The third kappa shape index (κ3) is 4.15. The average molecular weight is 289 g/mol. The Balaban J connectivity index is 1.86. The summed E-state index contributed by atoms with van der Waals surface area (Å²) in [4.78, 5) is 6.43. The molecule has 0 amide bonds. The zero-order valence-corrected chi connectivity index (χ0v) is 12.8. The lowest BCUT2D eigenvalue weighted by molar-refractivity contribution is 0.174. The zero-order chi connectivity index (χ0) is 15.1. The van der Waals surface area contributed by atoms with Gasteiger partial charge >= 0.3 is 0 Å². The van der Waals surface area contributed by atoms with Gasteiger partial charge in [0.2, 0.25) is 6.79 Å². The van der Waals surface area contributed by atoms with E-state index in [1.807, 2.05) is 31.3 Å². The topological polar surface area (TPSA) is 46.1 Å². The number of benzene rings is 1. The lowest BCUT2D eigenvalue weighted by atomic mass is 10.2. The number of hydrogen-bond donors (Lipinski definition) is 1. The quantitative estimate of drug-likeness (QED) is 0.378. The maximum absolute atomic E-state index is 5.39. The van der Waals surface area contributed by atoms with Crippen molar-refractivity contribution < 1.29 is 9.47 Å². The number of hydrogen-bond acceptors (Lipinski definition) is 3. The molecule has 0 bridgehead atoms. The molecule has 0 fully saturated rings. The fraction of sp³-hybridized carbons (Fsp3) is 0.438. The van der Waals surface area contributed by atoms with Gasteiger partial charge in [0.15, 0.2) is 17.5 Å². The van der Waals surface area contributed by atoms with E-state index in [9.17, 15) is 0 Å². The van der Waals surface area contributed by atoms with Gasteiger partial charge in [0.25, 0.3) is 0 Å². The number of fused-ring (bicyclic) bond motifs is 1. The van der Waals surface area contributed by atoms with Crippen LogP contribution in [0.15, 0.2) is 35.8 Å². The maximum Gasteiger partial charge on any atom is 0.231 e. The van der Waals surface area contributed by atoms with E-state index < -0.39 is 0 Å². The van der Waals surface area contributed by atoms with Crippen LogP contribution in [0, 0.1) is 0 Å². The van der Waals surface area contributed by atoms with Crippen molar-refractivity contribution in [2.45, 2.75) is 19.4 Å². The Labute approximate surface area is 126 Å². The predicted octanol–water partition coefficient (Wildman–Crippen LogP) is 2.39. The molecular weight excluding hydrogens is 266 g/mol. The Kier molecular flexibility index (Phi) is 5.49. The van der Waals surface area contributed by atoms with Crippen LogP contribution in [-0.4, -0.2) is 38.3 Å². The molecule has 0 atom stereocenters. The van der Waals surface area contributed by atoms with Crippen molar-refractivity contribution in [3.05, 3.63) is 36.4 Å². The lowest BCUT2D eigenvalue weighted by Crippen LogP contribution is -2.38. The number of ether oxygens (including phenoxy) is 2. The Morgan fingerprint density at radius 1 is 1.43 bits per heavy atom. The van der Waals surface area contributed by atoms with Gasteiger partial charge in [0, 0.05) is 27.2 Å². The molecule has 1 N–H and O–H groups in total. The van der Waals surface area contributed by atoms with Gasteiger partial charge in [-0.05, 0) is 30.5 Å². The SMILES string of the molecule is C=CCCCN(C)C(=NC)NCc1ccc2c(c1)OCO2. The Morgan fingerprint density at radius 3 is 3.00 bits per heavy atom. The summed E-state index contributed by atoms with van der Waals surface area (Å²) in [5, 5.41) is 3.36. The minimum atomic E-state index is 0.305. The van der Waals surface area contributed by atoms with Crippen LogP contribution in [0.4, 0.5) is 0 Å². The second kappa shape index (κ2) is 7.57. The molecule has 2 rings (SSSR count). The second-order valence-corrected chi connectivity index (χ2v) is 4.94. The number of guanidine groups is 1. The first-order chi connectivity index (χ1) is 10.2. The third-order valence-electron chi connectivity index (χ3n) is 3.36. The van der Waals surface area contributed by atoms with Crippen LogP contribution in [0.3, 0.4) is 0 Å². The van der Waals surface area contributed by atoms with Crippen LogP contribution >= 0.6 is 0 Å². The molecular formula is C16H23N3O2. The van der Waals surface area contributed by atoms with Gasteiger partial charge in [0.05, 0.1) is 0 Å². The zero-order valence-electron chi connectivity index (χ0n) is 12.8. The molecule has 114 valence electrons. The summed E-state index contributed by atoms with van der Waals surface area (Å²) in [5.74, 6) is 2.50. The molecule has 0 saturated heterocycles. The fourth-order valence-corrected chi connectivity index (χ4v) is 2.20. The standard InChI is InChI=1S/C16H23N3O2/c1-4-5-6-9-19(3)16(17-2)18-11-13-7-8-14-15(10-13)21-12-20-14/h4,7-8,10H,1,5-6,9,11-12H2,2-3H3,(H,17,18). The second-order valence-electron chi connectivity index (χ2n) is 4.94. The van der Waals surface area contributed by atoms with Crippen molar-refractivity contribution in [2.75, 3.05) is 27.4 Å². The van der Waals surface area contributed by atoms with Gasteiger partial charge in [-0.25, -0.2) is 0 Å². The summed E-state index contributed by atoms with van der Waals surface area (Å²) < 4.78 is 10.7. The smallest absolute Gasteiger partial charge is 0.231 e. The summed E-state index contributed by atoms with van der Waals surface area (Å²) in [6.07, 6.45) is 4.03. The first kappa shape index (κ1) is 15.2. The van der Waals surface area contributed by atoms with Crippen molar-refractivity contribution >= 4 is 5.96 Å². The highest BCUT2D eigenvalue weighted by molar-refractivity contribution is 5.79. The largest absolute Gasteiger partial charge is 0.454 e. The first-order valence-electron chi connectivity index (χ1n) is 7.16. The highest BCUT2D eigenvalue weighted by atomic mass is 16.7. The first-order valence-corrected chi connectivity index (χ1v) is 7.16. The van der Waals surface area contributed by atoms with Gasteiger partial charge in [-0.15, -0.1) is 6.58 Å². The molecule has 1 heterocycles. The summed E-state index contributed by atoms with van der Waals surface area (Å²) in [6, 6.07) is 5.97. The lowest BCUT2D eigenvalue weighted by Gasteiger charge is -2.21. The number of nitrogens with zero attached hydrogens (tertiary/aromatic N) is 2. The minimum Gasteiger partial charge on any atom is -0.454 e. The number of rotatable bonds is 6. The van der Waals surface area contributed by atoms with E-state index in [4.69, 9.17) is 9.47 Å². The molecule has 1 aliphatic rings. The van der Waals surface area contributed by atoms with E-state index in [2.05, 4.69) is 21.8 Å². The van der Waals surface area contributed by atoms with E-state index in [1.165, 1.54) is 0 Å². The molecule has 0 aliphatic carbocycles. The molecule has 0 unspecified atom stereocenters. The summed E-state index contributed by atoms with van der Waals surface area (Å²) in [7, 11) is 3.84. The highest BCUT2D eigenvalue weighted by Crippen LogP contribution is 2.32. The Morgan fingerprint density at radius 2 is 2.24 bits per heavy atom. The number of aliphatic imine (C=N–C) groups is 1. The van der Waals surface area contributed by atoms with E-state index in [1.54, 1.807) is 7.05 Å². The normalized spacial score (nSPS) is 13.1.